The summed E-state index contributed by atoms with van der Waals surface area (Å²) in [5.41, 5.74) is 0.304. The summed E-state index contributed by atoms with van der Waals surface area (Å²) in [6, 6.07) is 0. The number of carbonyl (C=O) groups excluding carboxylic acids is 3. The van der Waals surface area contributed by atoms with Crippen molar-refractivity contribution in [3.05, 3.63) is 0 Å². The van der Waals surface area contributed by atoms with Crippen LogP contribution in [0.15, 0.2) is 5.16 Å². The van der Waals surface area contributed by atoms with Crippen LogP contribution in [0.25, 0.3) is 0 Å². The van der Waals surface area contributed by atoms with Crippen LogP contribution in [0.4, 0.5) is 0 Å². The summed E-state index contributed by atoms with van der Waals surface area (Å²) in [6.07, 6.45) is 1.24. The first-order valence-electron chi connectivity index (χ1n) is 7.59. The van der Waals surface area contributed by atoms with E-state index in [1.54, 1.807) is 6.92 Å². The number of fused-ring (bicyclic) bond motifs is 8. The summed E-state index contributed by atoms with van der Waals surface area (Å²) in [5, 5.41) is 3.91. The Morgan fingerprint density at radius 3 is 2.52 bits per heavy atom. The van der Waals surface area contributed by atoms with Crippen LogP contribution >= 0.6 is 0 Å². The number of rotatable bonds is 2. The Bertz CT molecular complexity index is 568. The molecule has 0 aromatic rings. The highest BCUT2D eigenvalue weighted by Gasteiger charge is 2.67. The smallest absolute Gasteiger partial charge is 0.356 e. The Labute approximate surface area is 121 Å². The third-order valence-electron chi connectivity index (χ3n) is 5.53. The number of carbonyl (C=O) groups is 3. The molecule has 6 atom stereocenters. The zero-order valence-electron chi connectivity index (χ0n) is 11.8. The largest absolute Gasteiger partial charge is 0.461 e. The van der Waals surface area contributed by atoms with Crippen LogP contribution in [-0.2, 0) is 24.0 Å². The van der Waals surface area contributed by atoms with Gasteiger partial charge in [0.25, 0.3) is 0 Å². The summed E-state index contributed by atoms with van der Waals surface area (Å²) in [6.45, 7) is 2.03. The van der Waals surface area contributed by atoms with Crippen molar-refractivity contribution in [3.63, 3.8) is 0 Å². The highest BCUT2D eigenvalue weighted by Crippen LogP contribution is 2.60. The van der Waals surface area contributed by atoms with Crippen LogP contribution in [0.5, 0.6) is 0 Å². The van der Waals surface area contributed by atoms with Crippen molar-refractivity contribution in [3.8, 4) is 0 Å². The van der Waals surface area contributed by atoms with Gasteiger partial charge in [0.05, 0.1) is 12.5 Å². The van der Waals surface area contributed by atoms with E-state index in [9.17, 15) is 14.4 Å². The molecule has 3 saturated carbocycles. The number of esters is 1. The van der Waals surface area contributed by atoms with Gasteiger partial charge in [-0.25, -0.2) is 4.79 Å². The van der Waals surface area contributed by atoms with Gasteiger partial charge >= 0.3 is 5.97 Å². The number of oxime groups is 1. The van der Waals surface area contributed by atoms with Gasteiger partial charge in [-0.05, 0) is 19.3 Å². The quantitative estimate of drug-likeness (QED) is 0.701. The lowest BCUT2D eigenvalue weighted by atomic mass is 9.64. The number of nitrogens with zero attached hydrogens (tertiary/aromatic N) is 1. The normalized spacial score (nSPS) is 43.2. The molecule has 1 aliphatic heterocycles. The van der Waals surface area contributed by atoms with E-state index >= 15 is 0 Å². The number of hydrogen-bond acceptors (Lipinski definition) is 6. The molecule has 21 heavy (non-hydrogen) atoms. The lowest BCUT2D eigenvalue weighted by Crippen LogP contribution is -2.49. The second kappa shape index (κ2) is 4.39. The van der Waals surface area contributed by atoms with E-state index in [0.29, 0.717) is 18.6 Å². The van der Waals surface area contributed by atoms with Crippen molar-refractivity contribution >= 4 is 23.2 Å². The first-order valence-corrected chi connectivity index (χ1v) is 7.59. The van der Waals surface area contributed by atoms with Crippen molar-refractivity contribution in [2.75, 3.05) is 6.61 Å². The molecule has 0 N–H and O–H groups in total. The van der Waals surface area contributed by atoms with Gasteiger partial charge in [0.2, 0.25) is 0 Å². The van der Waals surface area contributed by atoms with E-state index in [0.717, 1.165) is 6.42 Å². The van der Waals surface area contributed by atoms with Crippen molar-refractivity contribution in [1.82, 2.24) is 0 Å². The fourth-order valence-corrected chi connectivity index (χ4v) is 4.88. The maximum absolute atomic E-state index is 12.3. The molecule has 0 radical (unpaired) electrons. The minimum absolute atomic E-state index is 0.00686. The average Bonchev–Trinajstić information content (AvgIpc) is 3.12. The molecule has 1 heterocycles. The molecule has 4 aliphatic rings. The number of ketones is 2. The van der Waals surface area contributed by atoms with Gasteiger partial charge in [-0.3, -0.25) is 9.59 Å². The molecular formula is C15H17NO5. The lowest BCUT2D eigenvalue weighted by Gasteiger charge is -2.37. The van der Waals surface area contributed by atoms with Gasteiger partial charge in [0.15, 0.2) is 5.71 Å². The summed E-state index contributed by atoms with van der Waals surface area (Å²) in [5.74, 6) is -0.703. The van der Waals surface area contributed by atoms with Crippen LogP contribution in [0.2, 0.25) is 0 Å². The molecule has 0 aromatic heterocycles. The molecule has 6 heteroatoms. The standard InChI is InChI=1S/C15H17NO5/c1-2-20-15(19)13-12-6-5-7(14(12)21-16-13)11-9(18)4-3-8(17)10(6)11/h6-7,10-12,14H,2-5H2,1H3/t6-,7+,10?,11?,12+,14+/m1/s1. The van der Waals surface area contributed by atoms with E-state index in [4.69, 9.17) is 9.57 Å². The summed E-state index contributed by atoms with van der Waals surface area (Å²) < 4.78 is 5.02. The fraction of sp³-hybridized carbons (Fsp3) is 0.733. The second-order valence-electron chi connectivity index (χ2n) is 6.34. The maximum atomic E-state index is 12.3. The molecule has 0 aromatic carbocycles. The molecule has 112 valence electrons. The fourth-order valence-electron chi connectivity index (χ4n) is 4.88. The second-order valence-corrected chi connectivity index (χ2v) is 6.34. The third-order valence-corrected chi connectivity index (χ3v) is 5.53. The third kappa shape index (κ3) is 1.59. The topological polar surface area (TPSA) is 82.0 Å². The highest BCUT2D eigenvalue weighted by atomic mass is 16.6. The van der Waals surface area contributed by atoms with Crippen LogP contribution in [-0.4, -0.2) is 36.0 Å². The van der Waals surface area contributed by atoms with Gasteiger partial charge in [-0.1, -0.05) is 5.16 Å². The van der Waals surface area contributed by atoms with Crippen LogP contribution in [0, 0.1) is 29.6 Å². The zero-order chi connectivity index (χ0) is 14.7. The number of ether oxygens (including phenoxy) is 1. The van der Waals surface area contributed by atoms with E-state index in [1.807, 2.05) is 0 Å². The molecule has 3 fully saturated rings. The number of Topliss-reactive ketones (excluding diaryl/α,β-unsaturated/α-hetero) is 2. The molecule has 2 bridgehead atoms. The molecular weight excluding hydrogens is 274 g/mol. The summed E-state index contributed by atoms with van der Waals surface area (Å²) >= 11 is 0. The Morgan fingerprint density at radius 1 is 1.19 bits per heavy atom. The maximum Gasteiger partial charge on any atom is 0.356 e. The lowest BCUT2D eigenvalue weighted by molar-refractivity contribution is -0.144. The number of hydrogen-bond donors (Lipinski definition) is 0. The molecule has 2 unspecified atom stereocenters. The van der Waals surface area contributed by atoms with E-state index in [1.165, 1.54) is 0 Å². The van der Waals surface area contributed by atoms with E-state index in [-0.39, 0.29) is 53.9 Å². The first-order chi connectivity index (χ1) is 10.1. The van der Waals surface area contributed by atoms with Gasteiger partial charge in [0, 0.05) is 30.6 Å². The zero-order valence-corrected chi connectivity index (χ0v) is 11.8. The van der Waals surface area contributed by atoms with Crippen LogP contribution < -0.4 is 0 Å². The SMILES string of the molecule is CCOC(=O)C1=NO[C@@H]2[C@H]1[C@@H]1C[C@H]2C2C(=O)CCC(=O)C21. The molecule has 3 aliphatic carbocycles. The first kappa shape index (κ1) is 13.0. The van der Waals surface area contributed by atoms with Gasteiger partial charge in [0.1, 0.15) is 17.7 Å². The van der Waals surface area contributed by atoms with Crippen molar-refractivity contribution in [2.45, 2.75) is 32.3 Å². The molecule has 0 saturated heterocycles. The Morgan fingerprint density at radius 2 is 1.86 bits per heavy atom. The molecule has 4 rings (SSSR count). The molecule has 6 nitrogen and oxygen atoms in total. The summed E-state index contributed by atoms with van der Waals surface area (Å²) in [4.78, 5) is 41.9. The van der Waals surface area contributed by atoms with Crippen molar-refractivity contribution in [1.29, 1.82) is 0 Å². The molecule has 0 amide bonds. The average molecular weight is 291 g/mol. The Balaban J connectivity index is 1.65. The Kier molecular flexibility index (Phi) is 2.71. The van der Waals surface area contributed by atoms with Gasteiger partial charge in [-0.15, -0.1) is 0 Å². The molecule has 0 spiro atoms. The van der Waals surface area contributed by atoms with Gasteiger partial charge in [-0.2, -0.15) is 0 Å². The van der Waals surface area contributed by atoms with E-state index in [2.05, 4.69) is 5.16 Å². The summed E-state index contributed by atoms with van der Waals surface area (Å²) in [7, 11) is 0. The Hall–Kier alpha value is -1.72. The van der Waals surface area contributed by atoms with Crippen molar-refractivity contribution < 1.29 is 24.0 Å². The van der Waals surface area contributed by atoms with Gasteiger partial charge < -0.3 is 9.57 Å². The minimum atomic E-state index is -0.455. The predicted molar refractivity (Wildman–Crippen MR) is 70.3 cm³/mol. The van der Waals surface area contributed by atoms with Crippen LogP contribution in [0.1, 0.15) is 26.2 Å². The predicted octanol–water partition coefficient (Wildman–Crippen LogP) is 0.735. The minimum Gasteiger partial charge on any atom is -0.461 e. The highest BCUT2D eigenvalue weighted by molar-refractivity contribution is 6.38. The van der Waals surface area contributed by atoms with Crippen molar-refractivity contribution in [2.24, 2.45) is 34.7 Å². The van der Waals surface area contributed by atoms with E-state index < -0.39 is 5.97 Å². The monoisotopic (exact) mass is 291 g/mol. The van der Waals surface area contributed by atoms with Crippen LogP contribution in [0.3, 0.4) is 0 Å².